The number of likely N-dealkylation sites (tertiary alicyclic amines) is 1. The number of hydrogen-bond acceptors (Lipinski definition) is 3. The molecular weight excluding hydrogens is 410 g/mol. The maximum atomic E-state index is 13.2. The summed E-state index contributed by atoms with van der Waals surface area (Å²) >= 11 is 6.26. The van der Waals surface area contributed by atoms with E-state index in [1.165, 1.54) is 5.56 Å². The molecular formula is C25H28ClN3O2. The normalized spacial score (nSPS) is 15.0. The zero-order valence-electron chi connectivity index (χ0n) is 17.8. The van der Waals surface area contributed by atoms with Crippen LogP contribution in [0.25, 0.3) is 0 Å². The number of nitrogens with one attached hydrogen (secondary N) is 1. The fourth-order valence-corrected chi connectivity index (χ4v) is 4.27. The molecule has 1 saturated heterocycles. The van der Waals surface area contributed by atoms with Crippen LogP contribution in [0, 0.1) is 6.92 Å². The highest BCUT2D eigenvalue weighted by Gasteiger charge is 2.29. The number of aryl methyl sites for hydroxylation is 1. The van der Waals surface area contributed by atoms with Crippen molar-refractivity contribution < 1.29 is 9.21 Å². The van der Waals surface area contributed by atoms with Crippen molar-refractivity contribution >= 4 is 23.3 Å². The number of hydrogen-bond donors (Lipinski definition) is 1. The standard InChI is InChI=1S/C25H28ClN3O2/c1-19-11-12-22(31-19)18-29(25(30)27-24-10-6-5-9-23(24)26)21-13-15-28(16-14-21)17-20-7-3-2-4-8-20/h2-12,21H,13-18H2,1H3,(H,27,30). The minimum atomic E-state index is -0.149. The van der Waals surface area contributed by atoms with Gasteiger partial charge >= 0.3 is 6.03 Å². The molecule has 1 fully saturated rings. The van der Waals surface area contributed by atoms with Crippen molar-refractivity contribution in [1.29, 1.82) is 0 Å². The van der Waals surface area contributed by atoms with E-state index in [0.717, 1.165) is 44.0 Å². The van der Waals surface area contributed by atoms with Gasteiger partial charge in [-0.3, -0.25) is 4.90 Å². The van der Waals surface area contributed by atoms with Crippen molar-refractivity contribution in [1.82, 2.24) is 9.80 Å². The molecule has 1 aliphatic rings. The molecule has 6 heteroatoms. The molecule has 2 heterocycles. The van der Waals surface area contributed by atoms with E-state index >= 15 is 0 Å². The average Bonchev–Trinajstić information content (AvgIpc) is 3.20. The SMILES string of the molecule is Cc1ccc(CN(C(=O)Nc2ccccc2Cl)C2CCN(Cc3ccccc3)CC2)o1. The summed E-state index contributed by atoms with van der Waals surface area (Å²) in [5, 5.41) is 3.52. The van der Waals surface area contributed by atoms with Crippen LogP contribution in [0.5, 0.6) is 0 Å². The van der Waals surface area contributed by atoms with Crippen LogP contribution in [-0.2, 0) is 13.1 Å². The van der Waals surface area contributed by atoms with Crippen LogP contribution in [0.2, 0.25) is 5.02 Å². The molecule has 4 rings (SSSR count). The summed E-state index contributed by atoms with van der Waals surface area (Å²) in [4.78, 5) is 17.6. The Morgan fingerprint density at radius 3 is 2.45 bits per heavy atom. The van der Waals surface area contributed by atoms with Crippen LogP contribution in [0.4, 0.5) is 10.5 Å². The van der Waals surface area contributed by atoms with E-state index < -0.39 is 0 Å². The monoisotopic (exact) mass is 437 g/mol. The second kappa shape index (κ2) is 10.0. The molecule has 1 aliphatic heterocycles. The lowest BCUT2D eigenvalue weighted by molar-refractivity contribution is 0.115. The van der Waals surface area contributed by atoms with Crippen LogP contribution in [0.3, 0.4) is 0 Å². The summed E-state index contributed by atoms with van der Waals surface area (Å²) in [6.07, 6.45) is 1.84. The van der Waals surface area contributed by atoms with Gasteiger partial charge in [-0.15, -0.1) is 0 Å². The highest BCUT2D eigenvalue weighted by Crippen LogP contribution is 2.25. The summed E-state index contributed by atoms with van der Waals surface area (Å²) in [5.41, 5.74) is 1.94. The third kappa shape index (κ3) is 5.69. The van der Waals surface area contributed by atoms with Crippen molar-refractivity contribution in [2.45, 2.75) is 38.9 Å². The Labute approximate surface area is 188 Å². The molecule has 0 bridgehead atoms. The number of nitrogens with zero attached hydrogens (tertiary/aromatic N) is 2. The summed E-state index contributed by atoms with van der Waals surface area (Å²) in [7, 11) is 0. The van der Waals surface area contributed by atoms with Gasteiger partial charge < -0.3 is 14.6 Å². The Hall–Kier alpha value is -2.76. The highest BCUT2D eigenvalue weighted by atomic mass is 35.5. The van der Waals surface area contributed by atoms with Gasteiger partial charge in [0.25, 0.3) is 0 Å². The number of amides is 2. The quantitative estimate of drug-likeness (QED) is 0.519. The first-order valence-corrected chi connectivity index (χ1v) is 11.1. The number of rotatable bonds is 6. The van der Waals surface area contributed by atoms with Gasteiger partial charge in [-0.05, 0) is 49.6 Å². The molecule has 2 aromatic carbocycles. The predicted molar refractivity (Wildman–Crippen MR) is 124 cm³/mol. The van der Waals surface area contributed by atoms with Crippen molar-refractivity contribution in [3.05, 3.63) is 88.8 Å². The van der Waals surface area contributed by atoms with E-state index in [4.69, 9.17) is 16.0 Å². The van der Waals surface area contributed by atoms with Gasteiger partial charge in [-0.25, -0.2) is 4.79 Å². The topological polar surface area (TPSA) is 48.7 Å². The number of para-hydroxylation sites is 1. The Morgan fingerprint density at radius 2 is 1.77 bits per heavy atom. The number of piperidine rings is 1. The van der Waals surface area contributed by atoms with Crippen molar-refractivity contribution in [3.8, 4) is 0 Å². The van der Waals surface area contributed by atoms with Gasteiger partial charge in [0.15, 0.2) is 0 Å². The van der Waals surface area contributed by atoms with Crippen molar-refractivity contribution in [2.24, 2.45) is 0 Å². The van der Waals surface area contributed by atoms with E-state index in [1.54, 1.807) is 6.07 Å². The molecule has 2 amide bonds. The molecule has 31 heavy (non-hydrogen) atoms. The Balaban J connectivity index is 1.44. The lowest BCUT2D eigenvalue weighted by Gasteiger charge is -2.38. The Morgan fingerprint density at radius 1 is 1.06 bits per heavy atom. The number of anilines is 1. The van der Waals surface area contributed by atoms with Crippen molar-refractivity contribution in [3.63, 3.8) is 0 Å². The van der Waals surface area contributed by atoms with Crippen molar-refractivity contribution in [2.75, 3.05) is 18.4 Å². The molecule has 1 aromatic heterocycles. The van der Waals surface area contributed by atoms with E-state index in [0.29, 0.717) is 17.3 Å². The van der Waals surface area contributed by atoms with Crippen LogP contribution < -0.4 is 5.32 Å². The first-order chi connectivity index (χ1) is 15.1. The number of carbonyl (C=O) groups is 1. The fourth-order valence-electron chi connectivity index (χ4n) is 4.09. The molecule has 3 aromatic rings. The molecule has 162 valence electrons. The summed E-state index contributed by atoms with van der Waals surface area (Å²) < 4.78 is 5.77. The average molecular weight is 438 g/mol. The predicted octanol–water partition coefficient (Wildman–Crippen LogP) is 5.94. The molecule has 0 atom stereocenters. The minimum absolute atomic E-state index is 0.139. The molecule has 0 aliphatic carbocycles. The van der Waals surface area contributed by atoms with Crippen LogP contribution in [0.1, 0.15) is 29.9 Å². The number of carbonyl (C=O) groups excluding carboxylic acids is 1. The molecule has 0 saturated carbocycles. The molecule has 0 unspecified atom stereocenters. The first kappa shape index (κ1) is 21.5. The number of urea groups is 1. The van der Waals surface area contributed by atoms with E-state index in [2.05, 4.69) is 34.5 Å². The van der Waals surface area contributed by atoms with Crippen LogP contribution >= 0.6 is 11.6 Å². The maximum Gasteiger partial charge on any atom is 0.322 e. The fraction of sp³-hybridized carbons (Fsp3) is 0.320. The summed E-state index contributed by atoms with van der Waals surface area (Å²) in [5.74, 6) is 1.64. The van der Waals surface area contributed by atoms with Crippen LogP contribution in [-0.4, -0.2) is 35.0 Å². The van der Waals surface area contributed by atoms with E-state index in [9.17, 15) is 4.79 Å². The lowest BCUT2D eigenvalue weighted by atomic mass is 10.0. The molecule has 1 N–H and O–H groups in total. The lowest BCUT2D eigenvalue weighted by Crippen LogP contribution is -2.48. The molecule has 0 radical (unpaired) electrons. The zero-order valence-corrected chi connectivity index (χ0v) is 18.5. The minimum Gasteiger partial charge on any atom is -0.464 e. The Bertz CT molecular complexity index is 997. The molecule has 5 nitrogen and oxygen atoms in total. The second-order valence-electron chi connectivity index (χ2n) is 8.04. The van der Waals surface area contributed by atoms with Gasteiger partial charge in [0.1, 0.15) is 11.5 Å². The third-order valence-corrected chi connectivity index (χ3v) is 6.07. The van der Waals surface area contributed by atoms with Gasteiger partial charge in [-0.1, -0.05) is 54.1 Å². The van der Waals surface area contributed by atoms with E-state index in [-0.39, 0.29) is 12.1 Å². The van der Waals surface area contributed by atoms with Crippen LogP contribution in [0.15, 0.2) is 71.1 Å². The third-order valence-electron chi connectivity index (χ3n) is 5.75. The second-order valence-corrected chi connectivity index (χ2v) is 8.45. The summed E-state index contributed by atoms with van der Waals surface area (Å²) in [6, 6.07) is 21.7. The smallest absolute Gasteiger partial charge is 0.322 e. The highest BCUT2D eigenvalue weighted by molar-refractivity contribution is 6.33. The number of furan rings is 1. The largest absolute Gasteiger partial charge is 0.464 e. The van der Waals surface area contributed by atoms with Gasteiger partial charge in [-0.2, -0.15) is 0 Å². The Kier molecular flexibility index (Phi) is 6.95. The van der Waals surface area contributed by atoms with E-state index in [1.807, 2.05) is 48.2 Å². The number of benzene rings is 2. The zero-order chi connectivity index (χ0) is 21.6. The first-order valence-electron chi connectivity index (χ1n) is 10.7. The van der Waals surface area contributed by atoms with Gasteiger partial charge in [0, 0.05) is 25.7 Å². The summed E-state index contributed by atoms with van der Waals surface area (Å²) in [6.45, 7) is 5.20. The number of halogens is 1. The maximum absolute atomic E-state index is 13.2. The van der Waals surface area contributed by atoms with Gasteiger partial charge in [0.05, 0.1) is 17.3 Å². The molecule has 0 spiro atoms. The van der Waals surface area contributed by atoms with Gasteiger partial charge in [0.2, 0.25) is 0 Å².